The molecule has 1 aromatic carbocycles. The lowest BCUT2D eigenvalue weighted by molar-refractivity contribution is 1.07. The molecule has 0 amide bonds. The number of benzene rings is 1. The van der Waals surface area contributed by atoms with Crippen molar-refractivity contribution < 1.29 is 0 Å². The topological polar surface area (TPSA) is 26.0 Å². The van der Waals surface area contributed by atoms with Gasteiger partial charge in [0.2, 0.25) is 0 Å². The average molecular weight is 188 g/mol. The lowest BCUT2D eigenvalue weighted by atomic mass is 10.1. The Morgan fingerprint density at radius 3 is 2.92 bits per heavy atom. The van der Waals surface area contributed by atoms with Gasteiger partial charge in [0.1, 0.15) is 0 Å². The zero-order valence-electron chi connectivity index (χ0n) is 7.16. The second-order valence-corrected chi connectivity index (χ2v) is 3.55. The number of hydrogen-bond donors (Lipinski definition) is 1. The summed E-state index contributed by atoms with van der Waals surface area (Å²) in [4.78, 5) is 0. The molecule has 0 aliphatic rings. The molecule has 1 radical (unpaired) electrons. The van der Waals surface area contributed by atoms with Gasteiger partial charge >= 0.3 is 0 Å². The first-order valence-corrected chi connectivity index (χ1v) is 5.02. The van der Waals surface area contributed by atoms with Gasteiger partial charge in [-0.2, -0.15) is 0 Å². The molecule has 13 heavy (non-hydrogen) atoms. The van der Waals surface area contributed by atoms with E-state index in [1.165, 1.54) is 5.56 Å². The fraction of sp³-hybridized carbons (Fsp3) is 0.0909. The predicted octanol–water partition coefficient (Wildman–Crippen LogP) is 2.67. The zero-order chi connectivity index (χ0) is 9.10. The summed E-state index contributed by atoms with van der Waals surface area (Å²) in [7, 11) is 0. The van der Waals surface area contributed by atoms with Crippen molar-refractivity contribution >= 4 is 11.3 Å². The lowest BCUT2D eigenvalue weighted by Gasteiger charge is -2.00. The molecule has 0 aliphatic carbocycles. The molecule has 65 valence electrons. The van der Waals surface area contributed by atoms with E-state index in [1.807, 2.05) is 17.5 Å². The van der Waals surface area contributed by atoms with E-state index in [-0.39, 0.29) is 0 Å². The average Bonchev–Trinajstić information content (AvgIpc) is 2.71. The summed E-state index contributed by atoms with van der Waals surface area (Å²) in [6.45, 7) is 0.595. The summed E-state index contributed by atoms with van der Waals surface area (Å²) in [5.41, 5.74) is 9.08. The monoisotopic (exact) mass is 188 g/mol. The fourth-order valence-corrected chi connectivity index (χ4v) is 1.84. The van der Waals surface area contributed by atoms with Crippen LogP contribution in [-0.4, -0.2) is 0 Å². The minimum absolute atomic E-state index is 0.595. The van der Waals surface area contributed by atoms with Gasteiger partial charge in [0, 0.05) is 12.1 Å². The third-order valence-electron chi connectivity index (χ3n) is 1.95. The molecular formula is C11H10NS. The normalized spacial score (nSPS) is 10.2. The highest BCUT2D eigenvalue weighted by atomic mass is 32.1. The van der Waals surface area contributed by atoms with Crippen molar-refractivity contribution in [2.45, 2.75) is 6.54 Å². The molecule has 1 aromatic heterocycles. The quantitative estimate of drug-likeness (QED) is 0.770. The van der Waals surface area contributed by atoms with Crippen LogP contribution in [0.2, 0.25) is 0 Å². The molecule has 0 bridgehead atoms. The smallest absolute Gasteiger partial charge is 0.0527 e. The molecule has 2 heteroatoms. The van der Waals surface area contributed by atoms with E-state index < -0.39 is 0 Å². The molecule has 1 heterocycles. The van der Waals surface area contributed by atoms with E-state index in [0.29, 0.717) is 6.54 Å². The Morgan fingerprint density at radius 2 is 2.23 bits per heavy atom. The summed E-state index contributed by atoms with van der Waals surface area (Å²) in [6, 6.07) is 10.3. The Kier molecular flexibility index (Phi) is 2.43. The number of thiophene rings is 1. The van der Waals surface area contributed by atoms with Gasteiger partial charge in [0.05, 0.1) is 5.38 Å². The van der Waals surface area contributed by atoms with Crippen molar-refractivity contribution in [3.8, 4) is 11.1 Å². The van der Waals surface area contributed by atoms with Crippen LogP contribution in [0.15, 0.2) is 35.7 Å². The summed E-state index contributed by atoms with van der Waals surface area (Å²) < 4.78 is 0. The molecule has 2 aromatic rings. The van der Waals surface area contributed by atoms with Gasteiger partial charge in [-0.05, 0) is 28.6 Å². The maximum atomic E-state index is 5.56. The SMILES string of the molecule is NCc1cccc(-c2[c]scc2)c1. The van der Waals surface area contributed by atoms with Gasteiger partial charge in [-0.15, -0.1) is 11.3 Å². The lowest BCUT2D eigenvalue weighted by Crippen LogP contribution is -1.95. The van der Waals surface area contributed by atoms with Crippen LogP contribution in [0.3, 0.4) is 0 Å². The molecule has 0 aliphatic heterocycles. The van der Waals surface area contributed by atoms with Crippen LogP contribution in [0.5, 0.6) is 0 Å². The maximum absolute atomic E-state index is 5.56. The first-order chi connectivity index (χ1) is 6.40. The van der Waals surface area contributed by atoms with E-state index in [0.717, 1.165) is 11.1 Å². The molecule has 0 saturated carbocycles. The Labute approximate surface area is 81.8 Å². The van der Waals surface area contributed by atoms with E-state index in [2.05, 4.69) is 23.6 Å². The summed E-state index contributed by atoms with van der Waals surface area (Å²) in [5.74, 6) is 0. The molecule has 0 fully saturated rings. The van der Waals surface area contributed by atoms with E-state index in [1.54, 1.807) is 11.3 Å². The largest absolute Gasteiger partial charge is 0.326 e. The second-order valence-electron chi connectivity index (χ2n) is 2.84. The van der Waals surface area contributed by atoms with Gasteiger partial charge in [-0.25, -0.2) is 0 Å². The van der Waals surface area contributed by atoms with Gasteiger partial charge in [0.15, 0.2) is 0 Å². The van der Waals surface area contributed by atoms with Crippen molar-refractivity contribution in [3.05, 3.63) is 46.7 Å². The number of rotatable bonds is 2. The predicted molar refractivity (Wildman–Crippen MR) is 56.5 cm³/mol. The van der Waals surface area contributed by atoms with E-state index >= 15 is 0 Å². The second kappa shape index (κ2) is 3.73. The molecular weight excluding hydrogens is 178 g/mol. The molecule has 2 N–H and O–H groups in total. The van der Waals surface area contributed by atoms with Crippen LogP contribution in [0.25, 0.3) is 11.1 Å². The Morgan fingerprint density at radius 1 is 1.31 bits per heavy atom. The van der Waals surface area contributed by atoms with Crippen LogP contribution in [0.4, 0.5) is 0 Å². The van der Waals surface area contributed by atoms with Gasteiger partial charge < -0.3 is 5.73 Å². The van der Waals surface area contributed by atoms with Gasteiger partial charge in [-0.3, -0.25) is 0 Å². The van der Waals surface area contributed by atoms with Crippen molar-refractivity contribution in [1.29, 1.82) is 0 Å². The highest BCUT2D eigenvalue weighted by Gasteiger charge is 1.98. The Balaban J connectivity index is 2.41. The molecule has 2 rings (SSSR count). The standard InChI is InChI=1S/C11H10NS/c12-7-9-2-1-3-10(6-9)11-4-5-13-8-11/h1-6H,7,12H2. The van der Waals surface area contributed by atoms with Crippen LogP contribution < -0.4 is 5.73 Å². The van der Waals surface area contributed by atoms with Gasteiger partial charge in [-0.1, -0.05) is 18.2 Å². The van der Waals surface area contributed by atoms with Crippen molar-refractivity contribution in [2.24, 2.45) is 5.73 Å². The molecule has 0 saturated heterocycles. The first kappa shape index (κ1) is 8.48. The molecule has 0 spiro atoms. The summed E-state index contributed by atoms with van der Waals surface area (Å²) in [6.07, 6.45) is 0. The van der Waals surface area contributed by atoms with E-state index in [9.17, 15) is 0 Å². The van der Waals surface area contributed by atoms with Crippen LogP contribution >= 0.6 is 11.3 Å². The number of hydrogen-bond acceptors (Lipinski definition) is 2. The molecule has 0 atom stereocenters. The third-order valence-corrected chi connectivity index (χ3v) is 2.56. The fourth-order valence-electron chi connectivity index (χ4n) is 1.25. The first-order valence-electron chi connectivity index (χ1n) is 4.15. The van der Waals surface area contributed by atoms with E-state index in [4.69, 9.17) is 5.73 Å². The highest BCUT2D eigenvalue weighted by molar-refractivity contribution is 7.07. The summed E-state index contributed by atoms with van der Waals surface area (Å²) in [5, 5.41) is 5.24. The van der Waals surface area contributed by atoms with Crippen molar-refractivity contribution in [3.63, 3.8) is 0 Å². The van der Waals surface area contributed by atoms with Gasteiger partial charge in [0.25, 0.3) is 0 Å². The molecule has 0 unspecified atom stereocenters. The van der Waals surface area contributed by atoms with Crippen molar-refractivity contribution in [1.82, 2.24) is 0 Å². The molecule has 1 nitrogen and oxygen atoms in total. The van der Waals surface area contributed by atoms with Crippen LogP contribution in [-0.2, 0) is 6.54 Å². The van der Waals surface area contributed by atoms with Crippen LogP contribution in [0.1, 0.15) is 5.56 Å². The number of nitrogens with two attached hydrogens (primary N) is 1. The zero-order valence-corrected chi connectivity index (χ0v) is 7.97. The Hall–Kier alpha value is -1.12. The summed E-state index contributed by atoms with van der Waals surface area (Å²) >= 11 is 1.59. The minimum atomic E-state index is 0.595. The minimum Gasteiger partial charge on any atom is -0.326 e. The maximum Gasteiger partial charge on any atom is 0.0527 e. The third kappa shape index (κ3) is 1.79. The van der Waals surface area contributed by atoms with Crippen LogP contribution in [0, 0.1) is 5.38 Å². The van der Waals surface area contributed by atoms with Crippen molar-refractivity contribution in [2.75, 3.05) is 0 Å². The Bertz CT molecular complexity index is 379. The highest BCUT2D eigenvalue weighted by Crippen LogP contribution is 2.21.